The maximum atomic E-state index is 11.5. The number of nitrogens with one attached hydrogen (secondary N) is 1. The molecule has 0 fully saturated rings. The van der Waals surface area contributed by atoms with Crippen LogP contribution < -0.4 is 11.1 Å². The van der Waals surface area contributed by atoms with Crippen molar-refractivity contribution in [3.8, 4) is 0 Å². The summed E-state index contributed by atoms with van der Waals surface area (Å²) in [6.07, 6.45) is 1.44. The van der Waals surface area contributed by atoms with E-state index in [1.165, 1.54) is 0 Å². The molecule has 0 rings (SSSR count). The molecule has 0 radical (unpaired) electrons. The van der Waals surface area contributed by atoms with Crippen molar-refractivity contribution < 1.29 is 14.6 Å². The first kappa shape index (κ1) is 15.3. The van der Waals surface area contributed by atoms with E-state index in [1.807, 2.05) is 13.8 Å². The minimum absolute atomic E-state index is 0.0334. The quantitative estimate of drug-likeness (QED) is 0.484. The van der Waals surface area contributed by atoms with Crippen LogP contribution in [0.2, 0.25) is 0 Å². The third kappa shape index (κ3) is 8.64. The highest BCUT2D eigenvalue weighted by molar-refractivity contribution is 5.81. The highest BCUT2D eigenvalue weighted by atomic mass is 16.5. The summed E-state index contributed by atoms with van der Waals surface area (Å²) in [5.74, 6) is 0.324. The van der Waals surface area contributed by atoms with Crippen LogP contribution in [-0.2, 0) is 9.53 Å². The number of aliphatic hydroxyl groups is 1. The molecule has 5 nitrogen and oxygen atoms in total. The van der Waals surface area contributed by atoms with E-state index in [0.717, 1.165) is 6.42 Å². The Labute approximate surface area is 97.3 Å². The van der Waals surface area contributed by atoms with Gasteiger partial charge in [0.2, 0.25) is 5.91 Å². The van der Waals surface area contributed by atoms with Gasteiger partial charge in [-0.25, -0.2) is 0 Å². The molecule has 0 spiro atoms. The number of hydrogen-bond donors (Lipinski definition) is 3. The number of ether oxygens (including phenoxy) is 1. The molecule has 0 saturated heterocycles. The van der Waals surface area contributed by atoms with Crippen molar-refractivity contribution in [1.29, 1.82) is 0 Å². The summed E-state index contributed by atoms with van der Waals surface area (Å²) < 4.78 is 5.06. The molecular weight excluding hydrogens is 208 g/mol. The van der Waals surface area contributed by atoms with Crippen LogP contribution in [0.15, 0.2) is 0 Å². The number of hydrogen-bond acceptors (Lipinski definition) is 4. The van der Waals surface area contributed by atoms with E-state index in [0.29, 0.717) is 32.1 Å². The number of nitrogens with two attached hydrogens (primary N) is 1. The summed E-state index contributed by atoms with van der Waals surface area (Å²) in [5, 5.41) is 11.2. The fourth-order valence-electron chi connectivity index (χ4n) is 1.30. The van der Waals surface area contributed by atoms with Crippen LogP contribution in [0, 0.1) is 5.92 Å². The second kappa shape index (κ2) is 9.57. The minimum atomic E-state index is -0.418. The summed E-state index contributed by atoms with van der Waals surface area (Å²) in [6.45, 7) is 5.56. The average molecular weight is 232 g/mol. The van der Waals surface area contributed by atoms with E-state index in [9.17, 15) is 4.79 Å². The van der Waals surface area contributed by atoms with Gasteiger partial charge in [0.1, 0.15) is 0 Å². The zero-order valence-corrected chi connectivity index (χ0v) is 10.2. The van der Waals surface area contributed by atoms with Gasteiger partial charge in [0.05, 0.1) is 19.3 Å². The second-order valence-electron chi connectivity index (χ2n) is 4.22. The molecule has 96 valence electrons. The maximum Gasteiger partial charge on any atom is 0.236 e. The van der Waals surface area contributed by atoms with Gasteiger partial charge in [-0.2, -0.15) is 0 Å². The van der Waals surface area contributed by atoms with Gasteiger partial charge in [-0.15, -0.1) is 0 Å². The largest absolute Gasteiger partial charge is 0.394 e. The first-order valence-corrected chi connectivity index (χ1v) is 5.79. The highest BCUT2D eigenvalue weighted by Crippen LogP contribution is 2.02. The van der Waals surface area contributed by atoms with E-state index in [4.69, 9.17) is 15.6 Å². The Balaban J connectivity index is 3.42. The fraction of sp³-hybridized carbons (Fsp3) is 0.909. The Kier molecular flexibility index (Phi) is 9.18. The minimum Gasteiger partial charge on any atom is -0.394 e. The van der Waals surface area contributed by atoms with E-state index in [-0.39, 0.29) is 12.5 Å². The number of carbonyl (C=O) groups is 1. The van der Waals surface area contributed by atoms with Gasteiger partial charge in [-0.1, -0.05) is 13.8 Å². The molecule has 0 bridgehead atoms. The van der Waals surface area contributed by atoms with E-state index < -0.39 is 6.04 Å². The lowest BCUT2D eigenvalue weighted by atomic mass is 10.0. The van der Waals surface area contributed by atoms with Crippen molar-refractivity contribution in [3.63, 3.8) is 0 Å². The lowest BCUT2D eigenvalue weighted by Gasteiger charge is -2.13. The van der Waals surface area contributed by atoms with Crippen LogP contribution in [0.1, 0.15) is 26.7 Å². The summed E-state index contributed by atoms with van der Waals surface area (Å²) in [7, 11) is 0. The SMILES string of the molecule is CC(C)CC(N)C(=O)NCCCOCCO. The normalized spacial score (nSPS) is 12.8. The Morgan fingerprint density at radius 3 is 2.69 bits per heavy atom. The summed E-state index contributed by atoms with van der Waals surface area (Å²) in [5.41, 5.74) is 5.70. The van der Waals surface area contributed by atoms with Crippen LogP contribution >= 0.6 is 0 Å². The van der Waals surface area contributed by atoms with Crippen molar-refractivity contribution in [2.75, 3.05) is 26.4 Å². The molecule has 16 heavy (non-hydrogen) atoms. The Hall–Kier alpha value is -0.650. The van der Waals surface area contributed by atoms with E-state index >= 15 is 0 Å². The van der Waals surface area contributed by atoms with Gasteiger partial charge in [0.15, 0.2) is 0 Å². The number of aliphatic hydroxyl groups excluding tert-OH is 1. The molecule has 0 aliphatic carbocycles. The summed E-state index contributed by atoms with van der Waals surface area (Å²) in [6, 6.07) is -0.418. The Morgan fingerprint density at radius 1 is 1.44 bits per heavy atom. The molecule has 0 aromatic rings. The Morgan fingerprint density at radius 2 is 2.12 bits per heavy atom. The molecule has 0 aromatic carbocycles. The third-order valence-corrected chi connectivity index (χ3v) is 2.06. The van der Waals surface area contributed by atoms with Gasteiger partial charge in [-0.3, -0.25) is 4.79 Å². The van der Waals surface area contributed by atoms with Gasteiger partial charge in [-0.05, 0) is 18.8 Å². The van der Waals surface area contributed by atoms with Crippen LogP contribution in [0.25, 0.3) is 0 Å². The molecule has 4 N–H and O–H groups in total. The van der Waals surface area contributed by atoms with E-state index in [1.54, 1.807) is 0 Å². The molecule has 0 aromatic heterocycles. The molecule has 0 aliphatic rings. The topological polar surface area (TPSA) is 84.6 Å². The van der Waals surface area contributed by atoms with Crippen molar-refractivity contribution in [2.45, 2.75) is 32.7 Å². The van der Waals surface area contributed by atoms with Crippen LogP contribution in [0.4, 0.5) is 0 Å². The molecule has 0 aliphatic heterocycles. The standard InChI is InChI=1S/C11H24N2O3/c1-9(2)8-10(12)11(15)13-4-3-6-16-7-5-14/h9-10,14H,3-8,12H2,1-2H3,(H,13,15). The lowest BCUT2D eigenvalue weighted by Crippen LogP contribution is -2.41. The van der Waals surface area contributed by atoms with E-state index in [2.05, 4.69) is 5.32 Å². The predicted octanol–water partition coefficient (Wildman–Crippen LogP) is -0.125. The highest BCUT2D eigenvalue weighted by Gasteiger charge is 2.13. The van der Waals surface area contributed by atoms with Crippen molar-refractivity contribution in [2.24, 2.45) is 11.7 Å². The zero-order chi connectivity index (χ0) is 12.4. The first-order chi connectivity index (χ1) is 7.57. The predicted molar refractivity (Wildman–Crippen MR) is 63.0 cm³/mol. The molecule has 1 atom stereocenters. The van der Waals surface area contributed by atoms with Gasteiger partial charge in [0.25, 0.3) is 0 Å². The maximum absolute atomic E-state index is 11.5. The van der Waals surface area contributed by atoms with Gasteiger partial charge < -0.3 is 20.9 Å². The molecule has 1 amide bonds. The molecule has 0 saturated carbocycles. The molecule has 0 heterocycles. The molecule has 1 unspecified atom stereocenters. The summed E-state index contributed by atoms with van der Waals surface area (Å²) >= 11 is 0. The van der Waals surface area contributed by atoms with Crippen molar-refractivity contribution in [3.05, 3.63) is 0 Å². The number of amides is 1. The third-order valence-electron chi connectivity index (χ3n) is 2.06. The van der Waals surface area contributed by atoms with Gasteiger partial charge >= 0.3 is 0 Å². The number of carbonyl (C=O) groups excluding carboxylic acids is 1. The van der Waals surface area contributed by atoms with Crippen LogP contribution in [0.3, 0.4) is 0 Å². The molecular formula is C11H24N2O3. The second-order valence-corrected chi connectivity index (χ2v) is 4.22. The first-order valence-electron chi connectivity index (χ1n) is 5.79. The number of rotatable bonds is 9. The Bertz CT molecular complexity index is 186. The van der Waals surface area contributed by atoms with Crippen molar-refractivity contribution in [1.82, 2.24) is 5.32 Å². The van der Waals surface area contributed by atoms with Crippen molar-refractivity contribution >= 4 is 5.91 Å². The smallest absolute Gasteiger partial charge is 0.236 e. The fourth-order valence-corrected chi connectivity index (χ4v) is 1.30. The van der Waals surface area contributed by atoms with Crippen LogP contribution in [0.5, 0.6) is 0 Å². The summed E-state index contributed by atoms with van der Waals surface area (Å²) in [4.78, 5) is 11.5. The van der Waals surface area contributed by atoms with Gasteiger partial charge in [0, 0.05) is 13.2 Å². The average Bonchev–Trinajstić information content (AvgIpc) is 2.21. The molecule has 5 heteroatoms. The monoisotopic (exact) mass is 232 g/mol. The lowest BCUT2D eigenvalue weighted by molar-refractivity contribution is -0.122. The zero-order valence-electron chi connectivity index (χ0n) is 10.2. The van der Waals surface area contributed by atoms with Crippen LogP contribution in [-0.4, -0.2) is 43.4 Å².